The topological polar surface area (TPSA) is 57.8 Å². The van der Waals surface area contributed by atoms with Gasteiger partial charge in [-0.25, -0.2) is 4.98 Å². The molecule has 1 aromatic carbocycles. The van der Waals surface area contributed by atoms with E-state index in [4.69, 9.17) is 0 Å². The lowest BCUT2D eigenvalue weighted by molar-refractivity contribution is 0.102. The predicted octanol–water partition coefficient (Wildman–Crippen LogP) is 3.09. The van der Waals surface area contributed by atoms with Gasteiger partial charge >= 0.3 is 0 Å². The van der Waals surface area contributed by atoms with Gasteiger partial charge in [0.05, 0.1) is 6.20 Å². The van der Waals surface area contributed by atoms with E-state index in [9.17, 15) is 4.79 Å². The van der Waals surface area contributed by atoms with Crippen LogP contribution >= 0.6 is 0 Å². The van der Waals surface area contributed by atoms with Crippen LogP contribution in [0.1, 0.15) is 41.6 Å². The molecule has 0 bridgehead atoms. The minimum absolute atomic E-state index is 0.163. The maximum absolute atomic E-state index is 12.0. The largest absolute Gasteiger partial charge is 0.338 e. The summed E-state index contributed by atoms with van der Waals surface area (Å²) in [7, 11) is 0. The van der Waals surface area contributed by atoms with Crippen LogP contribution in [0.3, 0.4) is 0 Å². The number of H-pyrrole nitrogens is 1. The molecule has 0 aliphatic carbocycles. The third-order valence-corrected chi connectivity index (χ3v) is 2.78. The van der Waals surface area contributed by atoms with Gasteiger partial charge in [-0.15, -0.1) is 0 Å². The first-order valence-electron chi connectivity index (χ1n) is 6.00. The van der Waals surface area contributed by atoms with Crippen LogP contribution in [0.5, 0.6) is 0 Å². The quantitative estimate of drug-likeness (QED) is 0.870. The van der Waals surface area contributed by atoms with Crippen molar-refractivity contribution in [2.24, 2.45) is 0 Å². The second kappa shape index (κ2) is 5.04. The van der Waals surface area contributed by atoms with Gasteiger partial charge in [0.15, 0.2) is 0 Å². The normalized spacial score (nSPS) is 10.7. The Balaban J connectivity index is 2.22. The Morgan fingerprint density at radius 2 is 2.06 bits per heavy atom. The standard InChI is InChI=1S/C14H17N3O/c1-9(2)11-6-4-5-7-12(11)17-14(18)13-8-15-10(3)16-13/h4-9H,1-3H3,(H,15,16)(H,17,18). The summed E-state index contributed by atoms with van der Waals surface area (Å²) >= 11 is 0. The Labute approximate surface area is 106 Å². The summed E-state index contributed by atoms with van der Waals surface area (Å²) in [6, 6.07) is 7.83. The zero-order chi connectivity index (χ0) is 13.1. The van der Waals surface area contributed by atoms with E-state index in [1.807, 2.05) is 31.2 Å². The average molecular weight is 243 g/mol. The van der Waals surface area contributed by atoms with E-state index in [2.05, 4.69) is 29.1 Å². The number of para-hydroxylation sites is 1. The van der Waals surface area contributed by atoms with Crippen LogP contribution in [0.15, 0.2) is 30.5 Å². The Bertz CT molecular complexity index is 558. The summed E-state index contributed by atoms with van der Waals surface area (Å²) in [5, 5.41) is 2.91. The second-order valence-corrected chi connectivity index (χ2v) is 4.58. The van der Waals surface area contributed by atoms with Crippen LogP contribution in [0.25, 0.3) is 0 Å². The smallest absolute Gasteiger partial charge is 0.273 e. The molecule has 1 amide bonds. The number of imidazole rings is 1. The molecular formula is C14H17N3O. The summed E-state index contributed by atoms with van der Waals surface area (Å²) in [5.74, 6) is 0.936. The van der Waals surface area contributed by atoms with Crippen molar-refractivity contribution in [2.75, 3.05) is 5.32 Å². The SMILES string of the molecule is Cc1ncc(C(=O)Nc2ccccc2C(C)C)[nH]1. The Morgan fingerprint density at radius 1 is 1.33 bits per heavy atom. The van der Waals surface area contributed by atoms with Gasteiger partial charge in [-0.3, -0.25) is 4.79 Å². The molecule has 2 aromatic rings. The maximum atomic E-state index is 12.0. The van der Waals surface area contributed by atoms with Crippen molar-refractivity contribution in [2.45, 2.75) is 26.7 Å². The van der Waals surface area contributed by atoms with E-state index in [0.717, 1.165) is 17.1 Å². The van der Waals surface area contributed by atoms with E-state index in [1.54, 1.807) is 6.20 Å². The fourth-order valence-corrected chi connectivity index (χ4v) is 1.84. The van der Waals surface area contributed by atoms with Gasteiger partial charge < -0.3 is 10.3 Å². The summed E-state index contributed by atoms with van der Waals surface area (Å²) in [6.45, 7) is 6.02. The average Bonchev–Trinajstić information content (AvgIpc) is 2.76. The zero-order valence-electron chi connectivity index (χ0n) is 10.8. The molecule has 1 aromatic heterocycles. The molecule has 0 saturated carbocycles. The monoisotopic (exact) mass is 243 g/mol. The highest BCUT2D eigenvalue weighted by atomic mass is 16.1. The number of nitrogens with one attached hydrogen (secondary N) is 2. The fourth-order valence-electron chi connectivity index (χ4n) is 1.84. The molecule has 0 atom stereocenters. The number of hydrogen-bond donors (Lipinski definition) is 2. The third kappa shape index (κ3) is 2.59. The van der Waals surface area contributed by atoms with Gasteiger partial charge in [0.1, 0.15) is 11.5 Å². The Kier molecular flexibility index (Phi) is 3.46. The van der Waals surface area contributed by atoms with E-state index < -0.39 is 0 Å². The maximum Gasteiger partial charge on any atom is 0.273 e. The van der Waals surface area contributed by atoms with Crippen molar-refractivity contribution >= 4 is 11.6 Å². The third-order valence-electron chi connectivity index (χ3n) is 2.78. The molecule has 4 heteroatoms. The number of amides is 1. The molecule has 18 heavy (non-hydrogen) atoms. The van der Waals surface area contributed by atoms with Crippen molar-refractivity contribution in [3.63, 3.8) is 0 Å². The highest BCUT2D eigenvalue weighted by Crippen LogP contribution is 2.23. The van der Waals surface area contributed by atoms with Gasteiger partial charge in [-0.1, -0.05) is 32.0 Å². The van der Waals surface area contributed by atoms with Crippen LogP contribution in [0.4, 0.5) is 5.69 Å². The van der Waals surface area contributed by atoms with Crippen molar-refractivity contribution in [3.8, 4) is 0 Å². The molecule has 2 N–H and O–H groups in total. The van der Waals surface area contributed by atoms with E-state index in [-0.39, 0.29) is 5.91 Å². The molecule has 4 nitrogen and oxygen atoms in total. The Hall–Kier alpha value is -2.10. The molecule has 94 valence electrons. The lowest BCUT2D eigenvalue weighted by atomic mass is 10.0. The van der Waals surface area contributed by atoms with Crippen molar-refractivity contribution in [1.82, 2.24) is 9.97 Å². The summed E-state index contributed by atoms with van der Waals surface area (Å²) < 4.78 is 0. The number of anilines is 1. The number of aromatic amines is 1. The summed E-state index contributed by atoms with van der Waals surface area (Å²) in [6.07, 6.45) is 1.54. The molecule has 0 aliphatic heterocycles. The molecule has 0 spiro atoms. The molecule has 0 radical (unpaired) electrons. The van der Waals surface area contributed by atoms with Crippen LogP contribution in [0.2, 0.25) is 0 Å². The van der Waals surface area contributed by atoms with E-state index in [0.29, 0.717) is 11.6 Å². The van der Waals surface area contributed by atoms with Gasteiger partial charge in [0.25, 0.3) is 5.91 Å². The van der Waals surface area contributed by atoms with Crippen LogP contribution in [-0.2, 0) is 0 Å². The summed E-state index contributed by atoms with van der Waals surface area (Å²) in [5.41, 5.74) is 2.46. The molecule has 0 aliphatic rings. The molecule has 0 unspecified atom stereocenters. The zero-order valence-corrected chi connectivity index (χ0v) is 10.8. The summed E-state index contributed by atoms with van der Waals surface area (Å²) in [4.78, 5) is 19.0. The first kappa shape index (κ1) is 12.4. The molecule has 1 heterocycles. The highest BCUT2D eigenvalue weighted by molar-refractivity contribution is 6.03. The van der Waals surface area contributed by atoms with Gasteiger partial charge in [-0.2, -0.15) is 0 Å². The van der Waals surface area contributed by atoms with E-state index in [1.165, 1.54) is 0 Å². The number of hydrogen-bond acceptors (Lipinski definition) is 2. The lowest BCUT2D eigenvalue weighted by Crippen LogP contribution is -2.14. The molecule has 0 fully saturated rings. The minimum atomic E-state index is -0.163. The second-order valence-electron chi connectivity index (χ2n) is 4.58. The van der Waals surface area contributed by atoms with Crippen LogP contribution < -0.4 is 5.32 Å². The number of nitrogens with zero attached hydrogens (tertiary/aromatic N) is 1. The number of carbonyl (C=O) groups excluding carboxylic acids is 1. The van der Waals surface area contributed by atoms with Gasteiger partial charge in [0.2, 0.25) is 0 Å². The number of carbonyl (C=O) groups is 1. The number of aromatic nitrogens is 2. The number of rotatable bonds is 3. The first-order chi connectivity index (χ1) is 8.58. The van der Waals surface area contributed by atoms with Crippen molar-refractivity contribution < 1.29 is 4.79 Å². The van der Waals surface area contributed by atoms with Gasteiger partial charge in [0, 0.05) is 5.69 Å². The van der Waals surface area contributed by atoms with Gasteiger partial charge in [-0.05, 0) is 24.5 Å². The van der Waals surface area contributed by atoms with Crippen molar-refractivity contribution in [3.05, 3.63) is 47.5 Å². The molecule has 2 rings (SSSR count). The predicted molar refractivity (Wildman–Crippen MR) is 71.8 cm³/mol. The molecule has 0 saturated heterocycles. The number of aryl methyl sites for hydroxylation is 1. The minimum Gasteiger partial charge on any atom is -0.338 e. The highest BCUT2D eigenvalue weighted by Gasteiger charge is 2.12. The fraction of sp³-hybridized carbons (Fsp3) is 0.286. The van der Waals surface area contributed by atoms with E-state index >= 15 is 0 Å². The Morgan fingerprint density at radius 3 is 2.67 bits per heavy atom. The molecular weight excluding hydrogens is 226 g/mol. The first-order valence-corrected chi connectivity index (χ1v) is 6.00. The van der Waals surface area contributed by atoms with Crippen molar-refractivity contribution in [1.29, 1.82) is 0 Å². The van der Waals surface area contributed by atoms with Crippen LogP contribution in [0, 0.1) is 6.92 Å². The lowest BCUT2D eigenvalue weighted by Gasteiger charge is -2.12. The number of benzene rings is 1. The van der Waals surface area contributed by atoms with Crippen LogP contribution in [-0.4, -0.2) is 15.9 Å².